The summed E-state index contributed by atoms with van der Waals surface area (Å²) in [5.74, 6) is 1.22. The summed E-state index contributed by atoms with van der Waals surface area (Å²) >= 11 is 6.67. The molecule has 0 radical (unpaired) electrons. The third kappa shape index (κ3) is 5.23. The molecule has 3 heterocycles. The van der Waals surface area contributed by atoms with E-state index in [9.17, 15) is 9.90 Å². The summed E-state index contributed by atoms with van der Waals surface area (Å²) in [6.07, 6.45) is 3.04. The molecule has 3 aromatic rings. The fraction of sp³-hybridized carbons (Fsp3) is 0.400. The monoisotopic (exact) mass is 550 g/mol. The number of nitrogens with zero attached hydrogens (tertiary/aromatic N) is 2. The molecule has 39 heavy (non-hydrogen) atoms. The predicted octanol–water partition coefficient (Wildman–Crippen LogP) is 5.54. The largest absolute Gasteiger partial charge is 0.486 e. The first-order valence-corrected chi connectivity index (χ1v) is 13.7. The smallest absolute Gasteiger partial charge is 0.307 e. The number of benzene rings is 2. The number of carbonyl (C=O) groups is 1. The molecule has 0 bridgehead atoms. The van der Waals surface area contributed by atoms with E-state index in [0.29, 0.717) is 49.5 Å². The first-order valence-electron chi connectivity index (χ1n) is 13.4. The second kappa shape index (κ2) is 10.9. The van der Waals surface area contributed by atoms with E-state index in [-0.39, 0.29) is 12.0 Å². The van der Waals surface area contributed by atoms with Crippen LogP contribution in [0.1, 0.15) is 42.1 Å². The number of carboxylic acid groups (broad SMARTS) is 1. The van der Waals surface area contributed by atoms with Gasteiger partial charge in [-0.15, -0.1) is 0 Å². The Morgan fingerprint density at radius 3 is 2.79 bits per heavy atom. The number of methoxy groups -OCH3 is 1. The maximum absolute atomic E-state index is 11.5. The van der Waals surface area contributed by atoms with Crippen LogP contribution in [0.25, 0.3) is 11.1 Å². The standard InChI is InChI=1S/C30H31ClN2O6/c1-36-28-20(17-33-11-3-4-19(16-33)30(34)35)14-24(31)29(32-28)39-25-10-8-22-21(5-2-6-23(22)25)18-7-9-26-27(15-18)38-13-12-37-26/h2,5-7,9,14-15,19,25H,3-4,8,10-13,16-17H2,1H3,(H,34,35)/t19-,25-/m0/s1. The average molecular weight is 551 g/mol. The molecular weight excluding hydrogens is 520 g/mol. The van der Waals surface area contributed by atoms with Crippen LogP contribution in [0.4, 0.5) is 0 Å². The third-order valence-corrected chi connectivity index (χ3v) is 8.02. The molecule has 6 rings (SSSR count). The molecule has 1 aromatic heterocycles. The molecule has 8 nitrogen and oxygen atoms in total. The molecule has 1 N–H and O–H groups in total. The van der Waals surface area contributed by atoms with Gasteiger partial charge in [-0.05, 0) is 72.7 Å². The zero-order valence-corrected chi connectivity index (χ0v) is 22.6. The minimum absolute atomic E-state index is 0.184. The summed E-state index contributed by atoms with van der Waals surface area (Å²) in [4.78, 5) is 18.2. The van der Waals surface area contributed by atoms with E-state index in [4.69, 9.17) is 30.5 Å². The van der Waals surface area contributed by atoms with E-state index < -0.39 is 5.97 Å². The first kappa shape index (κ1) is 25.8. The number of carboxylic acids is 1. The predicted molar refractivity (Wildman–Crippen MR) is 146 cm³/mol. The van der Waals surface area contributed by atoms with Gasteiger partial charge < -0.3 is 24.1 Å². The Bertz CT molecular complexity index is 1400. The number of rotatable bonds is 7. The van der Waals surface area contributed by atoms with Crippen LogP contribution in [-0.4, -0.2) is 54.4 Å². The highest BCUT2D eigenvalue weighted by molar-refractivity contribution is 6.31. The highest BCUT2D eigenvalue weighted by Gasteiger charge is 2.30. The lowest BCUT2D eigenvalue weighted by Gasteiger charge is -2.30. The van der Waals surface area contributed by atoms with Crippen molar-refractivity contribution >= 4 is 17.6 Å². The number of likely N-dealkylation sites (tertiary alicyclic amines) is 1. The summed E-state index contributed by atoms with van der Waals surface area (Å²) in [7, 11) is 1.57. The summed E-state index contributed by atoms with van der Waals surface area (Å²) in [6.45, 7) is 2.96. The number of aromatic nitrogens is 1. The Morgan fingerprint density at radius 2 is 1.97 bits per heavy atom. The number of fused-ring (bicyclic) bond motifs is 2. The van der Waals surface area contributed by atoms with Gasteiger partial charge in [-0.1, -0.05) is 35.9 Å². The van der Waals surface area contributed by atoms with Crippen molar-refractivity contribution in [3.05, 3.63) is 64.2 Å². The van der Waals surface area contributed by atoms with Crippen molar-refractivity contribution in [2.45, 2.75) is 38.3 Å². The second-order valence-corrected chi connectivity index (χ2v) is 10.6. The van der Waals surface area contributed by atoms with Gasteiger partial charge in [-0.25, -0.2) is 0 Å². The molecule has 0 amide bonds. The highest BCUT2D eigenvalue weighted by Crippen LogP contribution is 2.43. The lowest BCUT2D eigenvalue weighted by molar-refractivity contribution is -0.143. The summed E-state index contributed by atoms with van der Waals surface area (Å²) < 4.78 is 23.5. The topological polar surface area (TPSA) is 90.4 Å². The zero-order valence-electron chi connectivity index (χ0n) is 21.8. The quantitative estimate of drug-likeness (QED) is 0.410. The Morgan fingerprint density at radius 1 is 1.13 bits per heavy atom. The van der Waals surface area contributed by atoms with Crippen molar-refractivity contribution < 1.29 is 28.8 Å². The van der Waals surface area contributed by atoms with Crippen molar-refractivity contribution in [2.75, 3.05) is 33.4 Å². The van der Waals surface area contributed by atoms with E-state index in [1.54, 1.807) is 7.11 Å². The summed E-state index contributed by atoms with van der Waals surface area (Å²) in [6, 6.07) is 14.2. The number of hydrogen-bond donors (Lipinski definition) is 1. The maximum Gasteiger partial charge on any atom is 0.307 e. The van der Waals surface area contributed by atoms with Crippen LogP contribution in [0.2, 0.25) is 5.02 Å². The number of piperidine rings is 1. The number of ether oxygens (including phenoxy) is 4. The Balaban J connectivity index is 1.22. The lowest BCUT2D eigenvalue weighted by Crippen LogP contribution is -2.38. The number of hydrogen-bond acceptors (Lipinski definition) is 7. The molecule has 0 spiro atoms. The van der Waals surface area contributed by atoms with Gasteiger partial charge in [0.1, 0.15) is 24.3 Å². The molecule has 1 saturated heterocycles. The van der Waals surface area contributed by atoms with Gasteiger partial charge in [-0.2, -0.15) is 4.98 Å². The van der Waals surface area contributed by atoms with Crippen molar-refractivity contribution in [3.8, 4) is 34.4 Å². The van der Waals surface area contributed by atoms with Crippen molar-refractivity contribution in [3.63, 3.8) is 0 Å². The van der Waals surface area contributed by atoms with Crippen LogP contribution in [0.5, 0.6) is 23.3 Å². The molecule has 2 aliphatic heterocycles. The average Bonchev–Trinajstić information content (AvgIpc) is 3.37. The van der Waals surface area contributed by atoms with Crippen LogP contribution in [0.15, 0.2) is 42.5 Å². The first-order chi connectivity index (χ1) is 19.0. The van der Waals surface area contributed by atoms with Crippen molar-refractivity contribution in [1.29, 1.82) is 0 Å². The Hall–Kier alpha value is -3.49. The molecule has 0 unspecified atom stereocenters. The molecule has 1 aliphatic carbocycles. The zero-order chi connectivity index (χ0) is 26.9. The van der Waals surface area contributed by atoms with Gasteiger partial charge in [0.2, 0.25) is 11.8 Å². The molecular formula is C30H31ClN2O6. The second-order valence-electron chi connectivity index (χ2n) is 10.2. The van der Waals surface area contributed by atoms with E-state index in [1.807, 2.05) is 24.3 Å². The van der Waals surface area contributed by atoms with Crippen molar-refractivity contribution in [1.82, 2.24) is 9.88 Å². The summed E-state index contributed by atoms with van der Waals surface area (Å²) in [5.41, 5.74) is 5.42. The van der Waals surface area contributed by atoms with Gasteiger partial charge >= 0.3 is 5.97 Å². The number of aliphatic carboxylic acids is 1. The van der Waals surface area contributed by atoms with Crippen LogP contribution in [0, 0.1) is 5.92 Å². The van der Waals surface area contributed by atoms with Gasteiger partial charge in [0.15, 0.2) is 11.5 Å². The Labute approximate surface area is 232 Å². The minimum Gasteiger partial charge on any atom is -0.486 e. The maximum atomic E-state index is 11.5. The molecule has 2 atom stereocenters. The van der Waals surface area contributed by atoms with Gasteiger partial charge in [0, 0.05) is 18.7 Å². The normalized spacial score (nSPS) is 20.4. The fourth-order valence-corrected chi connectivity index (χ4v) is 6.08. The van der Waals surface area contributed by atoms with Crippen LogP contribution < -0.4 is 18.9 Å². The van der Waals surface area contributed by atoms with Gasteiger partial charge in [0.25, 0.3) is 0 Å². The van der Waals surface area contributed by atoms with E-state index in [0.717, 1.165) is 59.6 Å². The lowest BCUT2D eigenvalue weighted by atomic mass is 9.96. The van der Waals surface area contributed by atoms with Gasteiger partial charge in [-0.3, -0.25) is 9.69 Å². The van der Waals surface area contributed by atoms with Crippen LogP contribution in [-0.2, 0) is 17.8 Å². The SMILES string of the molecule is COc1nc(O[C@H]2CCc3c(-c4ccc5c(c4)OCCO5)cccc32)c(Cl)cc1CN1CCC[C@H](C(=O)O)C1. The number of pyridine rings is 1. The van der Waals surface area contributed by atoms with E-state index in [1.165, 1.54) is 5.56 Å². The molecule has 1 fully saturated rings. The molecule has 9 heteroatoms. The minimum atomic E-state index is -0.749. The Kier molecular flexibility index (Phi) is 7.23. The number of halogens is 1. The molecule has 204 valence electrons. The highest BCUT2D eigenvalue weighted by atomic mass is 35.5. The third-order valence-electron chi connectivity index (χ3n) is 7.75. The van der Waals surface area contributed by atoms with E-state index >= 15 is 0 Å². The van der Waals surface area contributed by atoms with Crippen LogP contribution in [0.3, 0.4) is 0 Å². The fourth-order valence-electron chi connectivity index (χ4n) is 5.86. The van der Waals surface area contributed by atoms with Crippen LogP contribution >= 0.6 is 11.6 Å². The summed E-state index contributed by atoms with van der Waals surface area (Å²) in [5, 5.41) is 9.84. The molecule has 0 saturated carbocycles. The molecule has 2 aromatic carbocycles. The van der Waals surface area contributed by atoms with Gasteiger partial charge in [0.05, 0.1) is 13.0 Å². The molecule has 3 aliphatic rings. The van der Waals surface area contributed by atoms with Crippen molar-refractivity contribution in [2.24, 2.45) is 5.92 Å². The van der Waals surface area contributed by atoms with E-state index in [2.05, 4.69) is 28.1 Å².